The maximum absolute atomic E-state index is 11.9. The molecule has 2 nitrogen and oxygen atoms in total. The fraction of sp³-hybridized carbons (Fsp3) is 0.455. The van der Waals surface area contributed by atoms with Gasteiger partial charge >= 0.3 is 0 Å². The number of thioether (sulfide) groups is 1. The average molecular weight is 357 g/mol. The number of aliphatic hydroxyl groups is 2. The van der Waals surface area contributed by atoms with Crippen molar-refractivity contribution in [1.82, 2.24) is 0 Å². The third-order valence-corrected chi connectivity index (χ3v) is 7.12. The Balaban J connectivity index is 2.19. The Morgan fingerprint density at radius 3 is 2.40 bits per heavy atom. The van der Waals surface area contributed by atoms with Crippen LogP contribution in [0.15, 0.2) is 59.5 Å². The van der Waals surface area contributed by atoms with Gasteiger partial charge < -0.3 is 10.2 Å². The van der Waals surface area contributed by atoms with Crippen LogP contribution in [0.5, 0.6) is 0 Å². The zero-order valence-corrected chi connectivity index (χ0v) is 15.9. The summed E-state index contributed by atoms with van der Waals surface area (Å²) in [5, 5.41) is 23.5. The van der Waals surface area contributed by atoms with E-state index in [1.54, 1.807) is 11.8 Å². The molecule has 3 unspecified atom stereocenters. The highest BCUT2D eigenvalue weighted by Crippen LogP contribution is 2.52. The molecule has 2 aromatic carbocycles. The van der Waals surface area contributed by atoms with Gasteiger partial charge in [0.25, 0.3) is 0 Å². The van der Waals surface area contributed by atoms with Crippen LogP contribution in [0.2, 0.25) is 0 Å². The summed E-state index contributed by atoms with van der Waals surface area (Å²) >= 11 is 1.77. The quantitative estimate of drug-likeness (QED) is 0.794. The largest absolute Gasteiger partial charge is 0.389 e. The Morgan fingerprint density at radius 2 is 1.72 bits per heavy atom. The molecule has 0 radical (unpaired) electrons. The van der Waals surface area contributed by atoms with Crippen LogP contribution in [-0.4, -0.2) is 22.1 Å². The van der Waals surface area contributed by atoms with E-state index in [0.717, 1.165) is 47.5 Å². The van der Waals surface area contributed by atoms with Crippen LogP contribution >= 0.6 is 11.8 Å². The molecule has 1 aliphatic rings. The minimum Gasteiger partial charge on any atom is -0.389 e. The molecular weight excluding hydrogens is 328 g/mol. The summed E-state index contributed by atoms with van der Waals surface area (Å²) in [5.41, 5.74) is -0.0904. The van der Waals surface area contributed by atoms with Crippen LogP contribution < -0.4 is 0 Å². The summed E-state index contributed by atoms with van der Waals surface area (Å²) in [6, 6.07) is 17.6. The molecule has 25 heavy (non-hydrogen) atoms. The molecule has 2 N–H and O–H groups in total. The molecule has 3 heteroatoms. The van der Waals surface area contributed by atoms with E-state index in [0.29, 0.717) is 0 Å². The second kappa shape index (κ2) is 7.53. The van der Waals surface area contributed by atoms with E-state index in [2.05, 4.69) is 19.9 Å². The highest BCUT2D eigenvalue weighted by atomic mass is 32.2. The molecule has 0 spiro atoms. The lowest BCUT2D eigenvalue weighted by atomic mass is 9.66. The maximum Gasteiger partial charge on any atom is 0.142 e. The Bertz CT molecular complexity index is 702. The molecule has 1 heterocycles. The fourth-order valence-electron chi connectivity index (χ4n) is 4.01. The molecule has 0 aliphatic carbocycles. The third-order valence-electron chi connectivity index (χ3n) is 5.73. The van der Waals surface area contributed by atoms with Gasteiger partial charge in [-0.1, -0.05) is 75.2 Å². The zero-order valence-electron chi connectivity index (χ0n) is 15.1. The van der Waals surface area contributed by atoms with Crippen LogP contribution in [0.25, 0.3) is 0 Å². The molecule has 134 valence electrons. The SMILES string of the molecule is CCCCC1(CC)CSc2ccccc2C(O)(c2ccccc2)C1O. The average Bonchev–Trinajstić information content (AvgIpc) is 2.77. The second-order valence-electron chi connectivity index (χ2n) is 7.14. The number of unbranched alkanes of at least 4 members (excludes halogenated alkanes) is 1. The van der Waals surface area contributed by atoms with Crippen molar-refractivity contribution in [1.29, 1.82) is 0 Å². The van der Waals surface area contributed by atoms with Gasteiger partial charge in [0.05, 0.1) is 6.10 Å². The van der Waals surface area contributed by atoms with Crippen LogP contribution in [0, 0.1) is 5.41 Å². The molecule has 3 atom stereocenters. The van der Waals surface area contributed by atoms with Gasteiger partial charge in [0.2, 0.25) is 0 Å². The first-order valence-electron chi connectivity index (χ1n) is 9.26. The Hall–Kier alpha value is -1.29. The van der Waals surface area contributed by atoms with Gasteiger partial charge in [-0.15, -0.1) is 11.8 Å². The van der Waals surface area contributed by atoms with Gasteiger partial charge in [0, 0.05) is 21.6 Å². The van der Waals surface area contributed by atoms with E-state index in [-0.39, 0.29) is 5.41 Å². The lowest BCUT2D eigenvalue weighted by Gasteiger charge is -2.44. The Kier molecular flexibility index (Phi) is 5.57. The Labute approximate surface area is 155 Å². The van der Waals surface area contributed by atoms with Gasteiger partial charge in [-0.25, -0.2) is 0 Å². The van der Waals surface area contributed by atoms with Crippen LogP contribution in [-0.2, 0) is 5.60 Å². The number of hydrogen-bond acceptors (Lipinski definition) is 3. The first-order chi connectivity index (χ1) is 12.1. The minimum absolute atomic E-state index is 0.301. The Morgan fingerprint density at radius 1 is 1.04 bits per heavy atom. The van der Waals surface area contributed by atoms with E-state index in [9.17, 15) is 10.2 Å². The number of rotatable bonds is 5. The van der Waals surface area contributed by atoms with Crippen molar-refractivity contribution in [3.63, 3.8) is 0 Å². The first-order valence-corrected chi connectivity index (χ1v) is 10.3. The molecular formula is C22H28O2S. The van der Waals surface area contributed by atoms with Crippen LogP contribution in [0.1, 0.15) is 50.7 Å². The minimum atomic E-state index is -1.38. The molecule has 0 saturated heterocycles. The number of hydrogen-bond donors (Lipinski definition) is 2. The first kappa shape index (κ1) is 18.5. The third kappa shape index (κ3) is 3.14. The summed E-state index contributed by atoms with van der Waals surface area (Å²) < 4.78 is 0. The normalized spacial score (nSPS) is 29.0. The summed E-state index contributed by atoms with van der Waals surface area (Å²) in [7, 11) is 0. The van der Waals surface area contributed by atoms with E-state index in [4.69, 9.17) is 0 Å². The molecule has 0 bridgehead atoms. The number of benzene rings is 2. The molecule has 0 fully saturated rings. The topological polar surface area (TPSA) is 40.5 Å². The standard InChI is InChI=1S/C22H28O2S/c1-3-5-15-21(4-2)16-25-19-14-10-9-13-18(19)22(24,20(21)23)17-11-7-6-8-12-17/h6-14,20,23-24H,3-5,15-16H2,1-2H3. The molecule has 1 aliphatic heterocycles. The fourth-order valence-corrected chi connectivity index (χ4v) is 5.52. The molecule has 0 aromatic heterocycles. The summed E-state index contributed by atoms with van der Waals surface area (Å²) in [5.74, 6) is 0.830. The predicted octanol–water partition coefficient (Wildman–Crippen LogP) is 4.98. The molecule has 3 rings (SSSR count). The van der Waals surface area contributed by atoms with Crippen molar-refractivity contribution in [2.75, 3.05) is 5.75 Å². The summed E-state index contributed by atoms with van der Waals surface area (Å²) in [6.07, 6.45) is 3.10. The van der Waals surface area contributed by atoms with Crippen molar-refractivity contribution in [3.05, 3.63) is 65.7 Å². The van der Waals surface area contributed by atoms with Crippen molar-refractivity contribution >= 4 is 11.8 Å². The smallest absolute Gasteiger partial charge is 0.142 e. The van der Waals surface area contributed by atoms with Gasteiger partial charge in [-0.2, -0.15) is 0 Å². The van der Waals surface area contributed by atoms with Crippen LogP contribution in [0.3, 0.4) is 0 Å². The molecule has 0 amide bonds. The molecule has 2 aromatic rings. The summed E-state index contributed by atoms with van der Waals surface area (Å²) in [4.78, 5) is 1.07. The highest BCUT2D eigenvalue weighted by Gasteiger charge is 2.52. The number of fused-ring (bicyclic) bond motifs is 1. The summed E-state index contributed by atoms with van der Waals surface area (Å²) in [6.45, 7) is 4.32. The second-order valence-corrected chi connectivity index (χ2v) is 8.16. The van der Waals surface area contributed by atoms with Crippen molar-refractivity contribution in [2.24, 2.45) is 5.41 Å². The van der Waals surface area contributed by atoms with Crippen LogP contribution in [0.4, 0.5) is 0 Å². The van der Waals surface area contributed by atoms with Gasteiger partial charge in [-0.3, -0.25) is 0 Å². The van der Waals surface area contributed by atoms with Gasteiger partial charge in [-0.05, 0) is 24.5 Å². The lowest BCUT2D eigenvalue weighted by molar-refractivity contribution is -0.114. The van der Waals surface area contributed by atoms with Crippen molar-refractivity contribution in [3.8, 4) is 0 Å². The van der Waals surface area contributed by atoms with E-state index in [1.165, 1.54) is 0 Å². The molecule has 0 saturated carbocycles. The van der Waals surface area contributed by atoms with E-state index >= 15 is 0 Å². The van der Waals surface area contributed by atoms with E-state index < -0.39 is 11.7 Å². The predicted molar refractivity (Wildman–Crippen MR) is 105 cm³/mol. The monoisotopic (exact) mass is 356 g/mol. The number of aliphatic hydroxyl groups excluding tert-OH is 1. The zero-order chi connectivity index (χ0) is 17.9. The van der Waals surface area contributed by atoms with Crippen molar-refractivity contribution < 1.29 is 10.2 Å². The van der Waals surface area contributed by atoms with Crippen molar-refractivity contribution in [2.45, 2.75) is 56.1 Å². The van der Waals surface area contributed by atoms with Gasteiger partial charge in [0.1, 0.15) is 5.60 Å². The lowest BCUT2D eigenvalue weighted by Crippen LogP contribution is -2.51. The van der Waals surface area contributed by atoms with E-state index in [1.807, 2.05) is 48.5 Å². The highest BCUT2D eigenvalue weighted by molar-refractivity contribution is 7.99. The maximum atomic E-state index is 11.9. The van der Waals surface area contributed by atoms with Gasteiger partial charge in [0.15, 0.2) is 0 Å².